The first-order chi connectivity index (χ1) is 16.4. The Kier molecular flexibility index (Phi) is 6.02. The molecule has 0 bridgehead atoms. The van der Waals surface area contributed by atoms with Crippen LogP contribution in [0.5, 0.6) is 0 Å². The Morgan fingerprint density at radius 2 is 1.60 bits per heavy atom. The molecular weight excluding hydrogens is 462 g/mol. The van der Waals surface area contributed by atoms with Gasteiger partial charge < -0.3 is 4.98 Å². The molecule has 180 valence electrons. The van der Waals surface area contributed by atoms with Crippen molar-refractivity contribution in [1.82, 2.24) is 9.97 Å². The fourth-order valence-electron chi connectivity index (χ4n) is 4.20. The van der Waals surface area contributed by atoms with E-state index in [1.807, 2.05) is 42.5 Å². The van der Waals surface area contributed by atoms with Gasteiger partial charge in [-0.15, -0.1) is 0 Å². The molecule has 7 nitrogen and oxygen atoms in total. The second-order valence-corrected chi connectivity index (χ2v) is 11.3. The SMILES string of the molecule is C=Cc1c(-c2ccc3cc(NS(C)(=O)=O)ccc3c2)cc(-c2c[nH]c(=O)[nH]c2=O)cc1C(C)(C)C. The summed E-state index contributed by atoms with van der Waals surface area (Å²) in [6.07, 6.45) is 4.36. The number of benzene rings is 3. The molecule has 0 aliphatic carbocycles. The van der Waals surface area contributed by atoms with Crippen molar-refractivity contribution in [2.75, 3.05) is 11.0 Å². The van der Waals surface area contributed by atoms with Crippen LogP contribution in [0.2, 0.25) is 0 Å². The van der Waals surface area contributed by atoms with E-state index < -0.39 is 21.3 Å². The minimum absolute atomic E-state index is 0.244. The minimum atomic E-state index is -3.37. The Bertz CT molecular complexity index is 1690. The van der Waals surface area contributed by atoms with Crippen LogP contribution in [0.25, 0.3) is 39.1 Å². The van der Waals surface area contributed by atoms with E-state index in [4.69, 9.17) is 0 Å². The summed E-state index contributed by atoms with van der Waals surface area (Å²) < 4.78 is 25.7. The molecule has 0 amide bonds. The molecule has 0 aliphatic rings. The van der Waals surface area contributed by atoms with Gasteiger partial charge >= 0.3 is 5.69 Å². The van der Waals surface area contributed by atoms with Crippen molar-refractivity contribution < 1.29 is 8.42 Å². The summed E-state index contributed by atoms with van der Waals surface area (Å²) >= 11 is 0. The molecule has 3 aromatic carbocycles. The van der Waals surface area contributed by atoms with Crippen LogP contribution in [0, 0.1) is 0 Å². The van der Waals surface area contributed by atoms with Gasteiger partial charge in [0.15, 0.2) is 0 Å². The summed E-state index contributed by atoms with van der Waals surface area (Å²) in [6, 6.07) is 15.2. The fourth-order valence-corrected chi connectivity index (χ4v) is 4.76. The van der Waals surface area contributed by atoms with E-state index in [0.29, 0.717) is 16.8 Å². The number of H-pyrrole nitrogens is 2. The average Bonchev–Trinajstić information content (AvgIpc) is 2.76. The van der Waals surface area contributed by atoms with Gasteiger partial charge in [0.05, 0.1) is 11.8 Å². The second-order valence-electron chi connectivity index (χ2n) is 9.58. The smallest absolute Gasteiger partial charge is 0.313 e. The Hall–Kier alpha value is -3.91. The molecule has 0 spiro atoms. The highest BCUT2D eigenvalue weighted by atomic mass is 32.2. The minimum Gasteiger partial charge on any atom is -0.313 e. The van der Waals surface area contributed by atoms with Crippen LogP contribution >= 0.6 is 0 Å². The number of aromatic amines is 2. The molecule has 1 heterocycles. The van der Waals surface area contributed by atoms with E-state index in [1.54, 1.807) is 12.1 Å². The number of rotatable bonds is 5. The molecule has 0 saturated carbocycles. The Balaban J connectivity index is 1.95. The summed E-state index contributed by atoms with van der Waals surface area (Å²) in [7, 11) is -3.37. The Morgan fingerprint density at radius 1 is 0.914 bits per heavy atom. The van der Waals surface area contributed by atoms with Crippen LogP contribution in [0.3, 0.4) is 0 Å². The fraction of sp³-hybridized carbons (Fsp3) is 0.185. The van der Waals surface area contributed by atoms with Crippen LogP contribution in [-0.2, 0) is 15.4 Å². The third kappa shape index (κ3) is 5.12. The van der Waals surface area contributed by atoms with Crippen molar-refractivity contribution in [2.24, 2.45) is 0 Å². The number of hydrogen-bond acceptors (Lipinski definition) is 4. The highest BCUT2D eigenvalue weighted by Gasteiger charge is 2.22. The summed E-state index contributed by atoms with van der Waals surface area (Å²) in [4.78, 5) is 29.0. The standard InChI is InChI=1S/C27H27N3O4S/c1-6-21-22(18-8-7-17-12-20(30-35(5,33)34)10-9-16(17)11-18)13-19(14-24(21)27(2,3)4)23-15-28-26(32)29-25(23)31/h6-15,30H,1H2,2-5H3,(H2,28,29,31,32). The normalized spacial score (nSPS) is 12.0. The number of hydrogen-bond donors (Lipinski definition) is 3. The van der Waals surface area contributed by atoms with Gasteiger partial charge in [-0.25, -0.2) is 13.2 Å². The molecule has 35 heavy (non-hydrogen) atoms. The van der Waals surface area contributed by atoms with E-state index >= 15 is 0 Å². The topological polar surface area (TPSA) is 112 Å². The van der Waals surface area contributed by atoms with Gasteiger partial charge in [0.1, 0.15) is 0 Å². The van der Waals surface area contributed by atoms with Gasteiger partial charge in [-0.05, 0) is 74.3 Å². The highest BCUT2D eigenvalue weighted by molar-refractivity contribution is 7.92. The maximum atomic E-state index is 12.6. The van der Waals surface area contributed by atoms with Crippen LogP contribution in [0.1, 0.15) is 31.9 Å². The Morgan fingerprint density at radius 3 is 2.23 bits per heavy atom. The second kappa shape index (κ2) is 8.70. The van der Waals surface area contributed by atoms with E-state index in [0.717, 1.165) is 39.3 Å². The molecule has 0 radical (unpaired) electrons. The van der Waals surface area contributed by atoms with Crippen LogP contribution in [-0.4, -0.2) is 24.6 Å². The molecule has 8 heteroatoms. The van der Waals surface area contributed by atoms with Crippen molar-refractivity contribution in [1.29, 1.82) is 0 Å². The van der Waals surface area contributed by atoms with Crippen LogP contribution in [0.15, 0.2) is 70.9 Å². The van der Waals surface area contributed by atoms with Crippen molar-refractivity contribution in [3.8, 4) is 22.3 Å². The van der Waals surface area contributed by atoms with Crippen molar-refractivity contribution in [3.05, 3.63) is 93.3 Å². The number of nitrogens with one attached hydrogen (secondary N) is 3. The molecular formula is C27H27N3O4S. The van der Waals surface area contributed by atoms with Gasteiger partial charge in [0.2, 0.25) is 10.0 Å². The van der Waals surface area contributed by atoms with E-state index in [1.165, 1.54) is 6.20 Å². The number of anilines is 1. The first kappa shape index (κ1) is 24.2. The molecule has 0 fully saturated rings. The predicted molar refractivity (Wildman–Crippen MR) is 143 cm³/mol. The molecule has 4 rings (SSSR count). The Labute approximate surface area is 203 Å². The molecule has 0 atom stereocenters. The lowest BCUT2D eigenvalue weighted by molar-refractivity contribution is 0.589. The predicted octanol–water partition coefficient (Wildman–Crippen LogP) is 4.86. The zero-order valence-electron chi connectivity index (χ0n) is 20.0. The molecule has 0 saturated heterocycles. The molecule has 4 aromatic rings. The number of fused-ring (bicyclic) bond motifs is 1. The third-order valence-electron chi connectivity index (χ3n) is 5.78. The number of sulfonamides is 1. The van der Waals surface area contributed by atoms with Gasteiger partial charge in [0.25, 0.3) is 5.56 Å². The van der Waals surface area contributed by atoms with Crippen LogP contribution in [0.4, 0.5) is 5.69 Å². The lowest BCUT2D eigenvalue weighted by atomic mass is 9.79. The van der Waals surface area contributed by atoms with E-state index in [9.17, 15) is 18.0 Å². The lowest BCUT2D eigenvalue weighted by Crippen LogP contribution is -2.23. The van der Waals surface area contributed by atoms with Gasteiger partial charge in [-0.2, -0.15) is 0 Å². The average molecular weight is 490 g/mol. The molecule has 1 aromatic heterocycles. The van der Waals surface area contributed by atoms with Crippen molar-refractivity contribution >= 4 is 32.6 Å². The van der Waals surface area contributed by atoms with Crippen molar-refractivity contribution in [3.63, 3.8) is 0 Å². The first-order valence-electron chi connectivity index (χ1n) is 11.0. The lowest BCUT2D eigenvalue weighted by Gasteiger charge is -2.25. The zero-order chi connectivity index (χ0) is 25.5. The third-order valence-corrected chi connectivity index (χ3v) is 6.38. The molecule has 3 N–H and O–H groups in total. The summed E-state index contributed by atoms with van der Waals surface area (Å²) in [5.41, 5.74) is 4.06. The summed E-state index contributed by atoms with van der Waals surface area (Å²) in [6.45, 7) is 10.3. The molecule has 0 unspecified atom stereocenters. The van der Waals surface area contributed by atoms with E-state index in [2.05, 4.69) is 42.0 Å². The summed E-state index contributed by atoms with van der Waals surface area (Å²) in [5.74, 6) is 0. The van der Waals surface area contributed by atoms with E-state index in [-0.39, 0.29) is 5.41 Å². The van der Waals surface area contributed by atoms with Crippen molar-refractivity contribution in [2.45, 2.75) is 26.2 Å². The largest absolute Gasteiger partial charge is 0.325 e. The highest BCUT2D eigenvalue weighted by Crippen LogP contribution is 2.38. The first-order valence-corrected chi connectivity index (χ1v) is 12.9. The monoisotopic (exact) mass is 489 g/mol. The van der Waals surface area contributed by atoms with Crippen LogP contribution < -0.4 is 16.0 Å². The maximum Gasteiger partial charge on any atom is 0.325 e. The van der Waals surface area contributed by atoms with Gasteiger partial charge in [-0.3, -0.25) is 14.5 Å². The van der Waals surface area contributed by atoms with Gasteiger partial charge in [0, 0.05) is 11.9 Å². The summed E-state index contributed by atoms with van der Waals surface area (Å²) in [5, 5.41) is 1.81. The van der Waals surface area contributed by atoms with Gasteiger partial charge in [-0.1, -0.05) is 51.6 Å². The number of aromatic nitrogens is 2. The maximum absolute atomic E-state index is 12.6. The zero-order valence-corrected chi connectivity index (χ0v) is 20.8. The quantitative estimate of drug-likeness (QED) is 0.372. The molecule has 0 aliphatic heterocycles.